The Hall–Kier alpha value is -1.82. The van der Waals surface area contributed by atoms with Gasteiger partial charge in [0.2, 0.25) is 0 Å². The van der Waals surface area contributed by atoms with E-state index in [0.717, 1.165) is 18.6 Å². The average Bonchev–Trinajstić information content (AvgIpc) is 2.96. The van der Waals surface area contributed by atoms with Gasteiger partial charge in [0.15, 0.2) is 0 Å². The number of methoxy groups -OCH3 is 1. The SMILES string of the molecule is COc1cnccc1C(C)NC(=O)NC1C2CCOC2C12CCC2. The Morgan fingerprint density at radius 2 is 2.33 bits per heavy atom. The summed E-state index contributed by atoms with van der Waals surface area (Å²) < 4.78 is 11.2. The Bertz CT molecular complexity index is 632. The number of aromatic nitrogens is 1. The zero-order chi connectivity index (χ0) is 16.7. The largest absolute Gasteiger partial charge is 0.495 e. The fourth-order valence-corrected chi connectivity index (χ4v) is 4.83. The van der Waals surface area contributed by atoms with Gasteiger partial charge in [0.05, 0.1) is 25.5 Å². The predicted octanol–water partition coefficient (Wildman–Crippen LogP) is 2.41. The van der Waals surface area contributed by atoms with Crippen molar-refractivity contribution in [3.05, 3.63) is 24.0 Å². The van der Waals surface area contributed by atoms with Gasteiger partial charge in [-0.3, -0.25) is 4.98 Å². The van der Waals surface area contributed by atoms with Gasteiger partial charge in [-0.25, -0.2) is 4.79 Å². The van der Waals surface area contributed by atoms with E-state index in [9.17, 15) is 4.79 Å². The van der Waals surface area contributed by atoms with Gasteiger partial charge < -0.3 is 20.1 Å². The molecule has 1 aliphatic heterocycles. The summed E-state index contributed by atoms with van der Waals surface area (Å²) in [6, 6.07) is 1.88. The van der Waals surface area contributed by atoms with Gasteiger partial charge in [-0.2, -0.15) is 0 Å². The number of pyridine rings is 1. The first-order chi connectivity index (χ1) is 11.7. The second kappa shape index (κ2) is 5.92. The number of rotatable bonds is 4. The molecule has 0 bridgehead atoms. The van der Waals surface area contributed by atoms with Crippen molar-refractivity contribution in [2.45, 2.75) is 50.8 Å². The lowest BCUT2D eigenvalue weighted by atomic mass is 9.46. The van der Waals surface area contributed by atoms with E-state index in [4.69, 9.17) is 9.47 Å². The maximum absolute atomic E-state index is 12.5. The molecule has 1 saturated heterocycles. The van der Waals surface area contributed by atoms with Crippen molar-refractivity contribution in [2.24, 2.45) is 11.3 Å². The first kappa shape index (κ1) is 15.7. The number of nitrogens with zero attached hydrogens (tertiary/aromatic N) is 1. The van der Waals surface area contributed by atoms with Crippen LogP contribution in [0.25, 0.3) is 0 Å². The summed E-state index contributed by atoms with van der Waals surface area (Å²) in [5.41, 5.74) is 1.13. The highest BCUT2D eigenvalue weighted by molar-refractivity contribution is 5.75. The van der Waals surface area contributed by atoms with Crippen LogP contribution >= 0.6 is 0 Å². The Morgan fingerprint density at radius 1 is 1.50 bits per heavy atom. The average molecular weight is 331 g/mol. The maximum atomic E-state index is 12.5. The molecule has 6 heteroatoms. The Balaban J connectivity index is 1.40. The van der Waals surface area contributed by atoms with Gasteiger partial charge in [-0.15, -0.1) is 0 Å². The van der Waals surface area contributed by atoms with Crippen LogP contribution in [0.2, 0.25) is 0 Å². The summed E-state index contributed by atoms with van der Waals surface area (Å²) >= 11 is 0. The number of amides is 2. The van der Waals surface area contributed by atoms with Crippen molar-refractivity contribution < 1.29 is 14.3 Å². The van der Waals surface area contributed by atoms with Crippen LogP contribution in [0, 0.1) is 11.3 Å². The standard InChI is InChI=1S/C18H25N3O3/c1-11(12-4-8-19-10-14(12)23-2)20-17(22)21-15-13-5-9-24-16(13)18(15)6-3-7-18/h4,8,10-11,13,15-16H,3,5-7,9H2,1-2H3,(H2,20,21,22). The Kier molecular flexibility index (Phi) is 3.87. The summed E-state index contributed by atoms with van der Waals surface area (Å²) in [6.45, 7) is 2.79. The van der Waals surface area contributed by atoms with E-state index in [-0.39, 0.29) is 23.5 Å². The molecule has 2 aliphatic carbocycles. The Labute approximate surface area is 142 Å². The van der Waals surface area contributed by atoms with Crippen molar-refractivity contribution in [1.29, 1.82) is 0 Å². The minimum Gasteiger partial charge on any atom is -0.495 e. The molecule has 130 valence electrons. The number of ether oxygens (including phenoxy) is 2. The Morgan fingerprint density at radius 3 is 3.04 bits per heavy atom. The number of fused-ring (bicyclic) bond motifs is 2. The number of nitrogens with one attached hydrogen (secondary N) is 2. The summed E-state index contributed by atoms with van der Waals surface area (Å²) in [7, 11) is 1.61. The molecule has 1 aromatic rings. The van der Waals surface area contributed by atoms with Gasteiger partial charge in [0.1, 0.15) is 5.75 Å². The summed E-state index contributed by atoms with van der Waals surface area (Å²) in [6.07, 6.45) is 8.40. The number of hydrogen-bond donors (Lipinski definition) is 2. The summed E-state index contributed by atoms with van der Waals surface area (Å²) in [5.74, 6) is 1.18. The van der Waals surface area contributed by atoms with Crippen molar-refractivity contribution in [1.82, 2.24) is 15.6 Å². The zero-order valence-electron chi connectivity index (χ0n) is 14.2. The predicted molar refractivity (Wildman–Crippen MR) is 88.8 cm³/mol. The van der Waals surface area contributed by atoms with E-state index in [1.165, 1.54) is 19.3 Å². The molecule has 3 fully saturated rings. The fraction of sp³-hybridized carbons (Fsp3) is 0.667. The molecule has 0 radical (unpaired) electrons. The molecule has 2 N–H and O–H groups in total. The first-order valence-corrected chi connectivity index (χ1v) is 8.82. The van der Waals surface area contributed by atoms with E-state index in [0.29, 0.717) is 17.8 Å². The maximum Gasteiger partial charge on any atom is 0.315 e. The second-order valence-corrected chi connectivity index (χ2v) is 7.27. The molecule has 24 heavy (non-hydrogen) atoms. The molecule has 4 rings (SSSR count). The lowest BCUT2D eigenvalue weighted by Gasteiger charge is -2.63. The highest BCUT2D eigenvalue weighted by Gasteiger charge is 2.67. The third-order valence-electron chi connectivity index (χ3n) is 6.17. The van der Waals surface area contributed by atoms with Gasteiger partial charge in [0.25, 0.3) is 0 Å². The van der Waals surface area contributed by atoms with Gasteiger partial charge >= 0.3 is 6.03 Å². The molecule has 2 heterocycles. The van der Waals surface area contributed by atoms with E-state index >= 15 is 0 Å². The molecular weight excluding hydrogens is 306 g/mol. The van der Waals surface area contributed by atoms with Crippen LogP contribution in [0.5, 0.6) is 5.75 Å². The second-order valence-electron chi connectivity index (χ2n) is 7.27. The van der Waals surface area contributed by atoms with Crippen molar-refractivity contribution in [2.75, 3.05) is 13.7 Å². The molecule has 1 spiro atoms. The van der Waals surface area contributed by atoms with E-state index in [1.54, 1.807) is 19.5 Å². The monoisotopic (exact) mass is 331 g/mol. The number of hydrogen-bond acceptors (Lipinski definition) is 4. The zero-order valence-corrected chi connectivity index (χ0v) is 14.2. The van der Waals surface area contributed by atoms with E-state index < -0.39 is 0 Å². The van der Waals surface area contributed by atoms with Crippen LogP contribution in [0.1, 0.15) is 44.2 Å². The minimum atomic E-state index is -0.143. The van der Waals surface area contributed by atoms with Crippen LogP contribution in [-0.2, 0) is 4.74 Å². The van der Waals surface area contributed by atoms with Crippen molar-refractivity contribution >= 4 is 6.03 Å². The molecule has 2 saturated carbocycles. The van der Waals surface area contributed by atoms with Gasteiger partial charge in [0, 0.05) is 35.7 Å². The van der Waals surface area contributed by atoms with E-state index in [2.05, 4.69) is 15.6 Å². The van der Waals surface area contributed by atoms with Crippen molar-refractivity contribution in [3.63, 3.8) is 0 Å². The molecular formula is C18H25N3O3. The lowest BCUT2D eigenvalue weighted by Crippen LogP contribution is -2.72. The first-order valence-electron chi connectivity index (χ1n) is 8.82. The number of carbonyl (C=O) groups is 1. The smallest absolute Gasteiger partial charge is 0.315 e. The highest BCUT2D eigenvalue weighted by atomic mass is 16.5. The number of carbonyl (C=O) groups excluding carboxylic acids is 1. The van der Waals surface area contributed by atoms with Crippen LogP contribution in [0.4, 0.5) is 4.79 Å². The lowest BCUT2D eigenvalue weighted by molar-refractivity contribution is -0.172. The van der Waals surface area contributed by atoms with E-state index in [1.807, 2.05) is 13.0 Å². The normalized spacial score (nSPS) is 30.7. The molecule has 0 aromatic carbocycles. The summed E-state index contributed by atoms with van der Waals surface area (Å²) in [5, 5.41) is 6.27. The molecule has 3 aliphatic rings. The minimum absolute atomic E-state index is 0.108. The topological polar surface area (TPSA) is 72.5 Å². The highest BCUT2D eigenvalue weighted by Crippen LogP contribution is 2.62. The van der Waals surface area contributed by atoms with Crippen LogP contribution in [0.15, 0.2) is 18.5 Å². The van der Waals surface area contributed by atoms with Gasteiger partial charge in [-0.1, -0.05) is 6.42 Å². The molecule has 4 atom stereocenters. The third kappa shape index (κ3) is 2.27. The quantitative estimate of drug-likeness (QED) is 0.889. The molecule has 2 amide bonds. The van der Waals surface area contributed by atoms with Crippen LogP contribution < -0.4 is 15.4 Å². The van der Waals surface area contributed by atoms with Crippen molar-refractivity contribution in [3.8, 4) is 5.75 Å². The molecule has 4 unspecified atom stereocenters. The van der Waals surface area contributed by atoms with Crippen LogP contribution in [0.3, 0.4) is 0 Å². The fourth-order valence-electron chi connectivity index (χ4n) is 4.83. The number of urea groups is 1. The molecule has 6 nitrogen and oxygen atoms in total. The third-order valence-corrected chi connectivity index (χ3v) is 6.17. The van der Waals surface area contributed by atoms with Crippen LogP contribution in [-0.4, -0.2) is 36.9 Å². The molecule has 1 aromatic heterocycles. The summed E-state index contributed by atoms with van der Waals surface area (Å²) in [4.78, 5) is 16.6. The van der Waals surface area contributed by atoms with Gasteiger partial charge in [-0.05, 0) is 32.3 Å².